The molecule has 0 atom stereocenters. The van der Waals surface area contributed by atoms with Gasteiger partial charge in [-0.1, -0.05) is 0 Å². The predicted molar refractivity (Wildman–Crippen MR) is 76.2 cm³/mol. The van der Waals surface area contributed by atoms with E-state index >= 15 is 0 Å². The van der Waals surface area contributed by atoms with Crippen LogP contribution >= 0.6 is 7.94 Å². The molecule has 0 amide bonds. The van der Waals surface area contributed by atoms with E-state index < -0.39 is 7.94 Å². The van der Waals surface area contributed by atoms with Gasteiger partial charge in [0.25, 0.3) is 0 Å². The Morgan fingerprint density at radius 2 is 1.35 bits per heavy atom. The molecular weight excluding hydrogens is 235 g/mol. The molecule has 3 N–H and O–H groups in total. The summed E-state index contributed by atoms with van der Waals surface area (Å²) in [6.07, 6.45) is 11.1. The van der Waals surface area contributed by atoms with Crippen LogP contribution in [0.3, 0.4) is 0 Å². The maximum absolute atomic E-state index is 9.02. The Labute approximate surface area is 106 Å². The van der Waals surface area contributed by atoms with Gasteiger partial charge in [0.2, 0.25) is 0 Å². The van der Waals surface area contributed by atoms with E-state index in [0.717, 1.165) is 25.7 Å². The molecule has 0 fully saturated rings. The number of allylic oxidation sites excluding steroid dienone is 2. The van der Waals surface area contributed by atoms with Crippen LogP contribution in [0.5, 0.6) is 0 Å². The molecule has 0 aromatic rings. The standard InChI is InChI=1S/C13H29O3P/c1-3-5-7-9-13(10-8-6-4-2)11-12-17(14,15)16/h11,14-17H,3-10,12H2,1-2H3. The van der Waals surface area contributed by atoms with Crippen molar-refractivity contribution in [3.63, 3.8) is 0 Å². The topological polar surface area (TPSA) is 60.7 Å². The van der Waals surface area contributed by atoms with Crippen molar-refractivity contribution in [2.24, 2.45) is 0 Å². The van der Waals surface area contributed by atoms with Crippen molar-refractivity contribution in [3.8, 4) is 0 Å². The molecule has 0 saturated heterocycles. The van der Waals surface area contributed by atoms with Crippen LogP contribution in [0.2, 0.25) is 0 Å². The summed E-state index contributed by atoms with van der Waals surface area (Å²) >= 11 is 0. The van der Waals surface area contributed by atoms with Gasteiger partial charge in [-0.2, -0.15) is 0 Å². The van der Waals surface area contributed by atoms with Crippen LogP contribution in [-0.2, 0) is 0 Å². The zero-order valence-electron chi connectivity index (χ0n) is 11.3. The molecule has 0 radical (unpaired) electrons. The van der Waals surface area contributed by atoms with E-state index in [-0.39, 0.29) is 6.16 Å². The quantitative estimate of drug-likeness (QED) is 0.321. The third-order valence-corrected chi connectivity index (χ3v) is 3.62. The second-order valence-corrected chi connectivity index (χ2v) is 6.71. The van der Waals surface area contributed by atoms with Crippen molar-refractivity contribution in [1.82, 2.24) is 0 Å². The Bertz CT molecular complexity index is 197. The second kappa shape index (κ2) is 10.0. The van der Waals surface area contributed by atoms with Crippen LogP contribution in [-0.4, -0.2) is 20.8 Å². The molecule has 4 heteroatoms. The van der Waals surface area contributed by atoms with Gasteiger partial charge in [0.1, 0.15) is 0 Å². The molecule has 0 heterocycles. The fraction of sp³-hybridized carbons (Fsp3) is 0.846. The molecule has 0 aliphatic rings. The third kappa shape index (κ3) is 12.3. The minimum atomic E-state index is -3.89. The molecule has 104 valence electrons. The summed E-state index contributed by atoms with van der Waals surface area (Å²) in [5.74, 6) is 0. The monoisotopic (exact) mass is 264 g/mol. The van der Waals surface area contributed by atoms with E-state index in [2.05, 4.69) is 13.8 Å². The molecule has 0 unspecified atom stereocenters. The van der Waals surface area contributed by atoms with Gasteiger partial charge < -0.3 is 0 Å². The van der Waals surface area contributed by atoms with Crippen molar-refractivity contribution >= 4 is 7.94 Å². The summed E-state index contributed by atoms with van der Waals surface area (Å²) in [5.41, 5.74) is 1.28. The van der Waals surface area contributed by atoms with E-state index in [1.54, 1.807) is 0 Å². The average Bonchev–Trinajstić information content (AvgIpc) is 2.24. The van der Waals surface area contributed by atoms with Gasteiger partial charge in [-0.3, -0.25) is 0 Å². The van der Waals surface area contributed by atoms with Crippen LogP contribution in [0.25, 0.3) is 0 Å². The molecule has 0 bridgehead atoms. The third-order valence-electron chi connectivity index (χ3n) is 2.87. The van der Waals surface area contributed by atoms with Crippen molar-refractivity contribution in [2.75, 3.05) is 6.16 Å². The van der Waals surface area contributed by atoms with Gasteiger partial charge in [0.05, 0.1) is 0 Å². The van der Waals surface area contributed by atoms with Gasteiger partial charge >= 0.3 is 106 Å². The Hall–Kier alpha value is 0.0500. The molecule has 17 heavy (non-hydrogen) atoms. The summed E-state index contributed by atoms with van der Waals surface area (Å²) in [6.45, 7) is 4.35. The van der Waals surface area contributed by atoms with Crippen molar-refractivity contribution in [1.29, 1.82) is 0 Å². The average molecular weight is 264 g/mol. The molecule has 0 aliphatic carbocycles. The van der Waals surface area contributed by atoms with E-state index in [4.69, 9.17) is 14.7 Å². The van der Waals surface area contributed by atoms with Crippen molar-refractivity contribution < 1.29 is 14.7 Å². The predicted octanol–water partition coefficient (Wildman–Crippen LogP) is 3.55. The van der Waals surface area contributed by atoms with Crippen LogP contribution in [0, 0.1) is 0 Å². The Morgan fingerprint density at radius 3 is 1.71 bits per heavy atom. The van der Waals surface area contributed by atoms with Gasteiger partial charge in [-0.15, -0.1) is 0 Å². The van der Waals surface area contributed by atoms with Crippen molar-refractivity contribution in [2.45, 2.75) is 65.2 Å². The zero-order chi connectivity index (χ0) is 13.1. The Morgan fingerprint density at radius 1 is 0.882 bits per heavy atom. The molecule has 0 saturated carbocycles. The minimum absolute atomic E-state index is 0.0422. The summed E-state index contributed by atoms with van der Waals surface area (Å²) < 4.78 is 0. The Balaban J connectivity index is 4.08. The number of rotatable bonds is 10. The molecule has 0 aromatic heterocycles. The summed E-state index contributed by atoms with van der Waals surface area (Å²) in [7, 11) is -3.89. The molecule has 0 aliphatic heterocycles. The SMILES string of the molecule is CCCCCC(=CC[PH](O)(O)O)CCCCC. The van der Waals surface area contributed by atoms with E-state index in [1.807, 2.05) is 6.08 Å². The summed E-state index contributed by atoms with van der Waals surface area (Å²) in [6, 6.07) is 0. The first-order valence-electron chi connectivity index (χ1n) is 6.84. The first-order valence-corrected chi connectivity index (χ1v) is 8.89. The number of hydrogen-bond donors (Lipinski definition) is 3. The van der Waals surface area contributed by atoms with E-state index in [1.165, 1.54) is 31.3 Å². The molecular formula is C13H29O3P. The van der Waals surface area contributed by atoms with Crippen LogP contribution in [0.15, 0.2) is 11.6 Å². The normalized spacial score (nSPS) is 12.5. The fourth-order valence-electron chi connectivity index (χ4n) is 1.81. The maximum atomic E-state index is 9.02. The second-order valence-electron chi connectivity index (χ2n) is 4.76. The van der Waals surface area contributed by atoms with Gasteiger partial charge in [-0.05, 0) is 0 Å². The van der Waals surface area contributed by atoms with Crippen LogP contribution in [0.4, 0.5) is 0 Å². The molecule has 3 nitrogen and oxygen atoms in total. The van der Waals surface area contributed by atoms with Crippen molar-refractivity contribution in [3.05, 3.63) is 11.6 Å². The first kappa shape index (κ1) is 17.1. The Kier molecular flexibility index (Phi) is 10.0. The number of unbranched alkanes of at least 4 members (excludes halogenated alkanes) is 4. The van der Waals surface area contributed by atoms with Crippen LogP contribution < -0.4 is 0 Å². The number of hydrogen-bond acceptors (Lipinski definition) is 3. The van der Waals surface area contributed by atoms with Gasteiger partial charge in [0.15, 0.2) is 0 Å². The van der Waals surface area contributed by atoms with Crippen LogP contribution in [0.1, 0.15) is 65.2 Å². The molecule has 0 rings (SSSR count). The molecule has 0 aromatic carbocycles. The zero-order valence-corrected chi connectivity index (χ0v) is 12.3. The summed E-state index contributed by atoms with van der Waals surface area (Å²) in [4.78, 5) is 27.0. The fourth-order valence-corrected chi connectivity index (χ4v) is 2.38. The van der Waals surface area contributed by atoms with E-state index in [0.29, 0.717) is 0 Å². The molecule has 0 spiro atoms. The first-order chi connectivity index (χ1) is 7.99. The summed E-state index contributed by atoms with van der Waals surface area (Å²) in [5, 5.41) is 0. The van der Waals surface area contributed by atoms with Gasteiger partial charge in [-0.25, -0.2) is 0 Å². The van der Waals surface area contributed by atoms with Gasteiger partial charge in [0, 0.05) is 0 Å². The van der Waals surface area contributed by atoms with E-state index in [9.17, 15) is 0 Å².